The summed E-state index contributed by atoms with van der Waals surface area (Å²) in [6.45, 7) is 1.78. The van der Waals surface area contributed by atoms with Crippen molar-refractivity contribution in [3.8, 4) is 23.0 Å². The topological polar surface area (TPSA) is 90.7 Å². The fraction of sp³-hybridized carbons (Fsp3) is 0.360. The van der Waals surface area contributed by atoms with Gasteiger partial charge < -0.3 is 19.2 Å². The summed E-state index contributed by atoms with van der Waals surface area (Å²) < 4.78 is 29.1. The highest BCUT2D eigenvalue weighted by molar-refractivity contribution is 7.84. The SMILES string of the molecule is COc1ccc(-c2nc(C[S@](=O)CC(=O)N[C@H]3CCCc4ccccc43)c(C)o2)cc1OC. The third-order valence-electron chi connectivity index (χ3n) is 5.82. The Balaban J connectivity index is 1.39. The van der Waals surface area contributed by atoms with E-state index in [1.54, 1.807) is 33.3 Å². The number of aromatic nitrogens is 1. The first-order chi connectivity index (χ1) is 16.0. The van der Waals surface area contributed by atoms with Crippen molar-refractivity contribution in [2.24, 2.45) is 0 Å². The van der Waals surface area contributed by atoms with Gasteiger partial charge in [0, 0.05) is 16.4 Å². The second kappa shape index (κ2) is 10.2. The Morgan fingerprint density at radius 1 is 1.18 bits per heavy atom. The second-order valence-electron chi connectivity index (χ2n) is 8.03. The van der Waals surface area contributed by atoms with Crippen molar-refractivity contribution in [1.82, 2.24) is 10.3 Å². The Labute approximate surface area is 196 Å². The molecule has 1 aliphatic carbocycles. The molecule has 1 heterocycles. The Morgan fingerprint density at radius 2 is 1.97 bits per heavy atom. The zero-order chi connectivity index (χ0) is 23.4. The molecule has 8 heteroatoms. The third kappa shape index (κ3) is 5.27. The Bertz CT molecular complexity index is 1170. The van der Waals surface area contributed by atoms with Crippen molar-refractivity contribution in [3.63, 3.8) is 0 Å². The zero-order valence-electron chi connectivity index (χ0n) is 19.1. The lowest BCUT2D eigenvalue weighted by atomic mass is 9.88. The minimum Gasteiger partial charge on any atom is -0.493 e. The molecular formula is C25H28N2O5S. The van der Waals surface area contributed by atoms with Gasteiger partial charge in [-0.1, -0.05) is 24.3 Å². The average molecular weight is 469 g/mol. The quantitative estimate of drug-likeness (QED) is 0.535. The van der Waals surface area contributed by atoms with Gasteiger partial charge in [-0.05, 0) is 55.5 Å². The lowest BCUT2D eigenvalue weighted by Gasteiger charge is -2.26. The van der Waals surface area contributed by atoms with Crippen LogP contribution in [-0.2, 0) is 27.8 Å². The van der Waals surface area contributed by atoms with E-state index < -0.39 is 10.8 Å². The number of carbonyl (C=O) groups is 1. The van der Waals surface area contributed by atoms with Gasteiger partial charge in [-0.15, -0.1) is 0 Å². The molecule has 2 aromatic carbocycles. The molecule has 1 N–H and O–H groups in total. The predicted molar refractivity (Wildman–Crippen MR) is 127 cm³/mol. The monoisotopic (exact) mass is 468 g/mol. The number of ether oxygens (including phenoxy) is 2. The van der Waals surface area contributed by atoms with E-state index in [9.17, 15) is 9.00 Å². The molecule has 0 saturated heterocycles. The van der Waals surface area contributed by atoms with Gasteiger partial charge in [-0.3, -0.25) is 9.00 Å². The van der Waals surface area contributed by atoms with E-state index in [0.29, 0.717) is 28.8 Å². The summed E-state index contributed by atoms with van der Waals surface area (Å²) in [4.78, 5) is 17.1. The molecule has 0 fully saturated rings. The molecule has 0 spiro atoms. The molecule has 3 aromatic rings. The molecule has 0 aliphatic heterocycles. The van der Waals surface area contributed by atoms with Crippen LogP contribution in [0.2, 0.25) is 0 Å². The van der Waals surface area contributed by atoms with E-state index in [1.165, 1.54) is 5.56 Å². The number of nitrogens with zero attached hydrogens (tertiary/aromatic N) is 1. The zero-order valence-corrected chi connectivity index (χ0v) is 19.9. The van der Waals surface area contributed by atoms with Gasteiger partial charge in [-0.2, -0.15) is 0 Å². The van der Waals surface area contributed by atoms with Crippen molar-refractivity contribution in [2.45, 2.75) is 38.0 Å². The van der Waals surface area contributed by atoms with Gasteiger partial charge in [0.2, 0.25) is 11.8 Å². The van der Waals surface area contributed by atoms with Crippen LogP contribution in [0.1, 0.15) is 41.5 Å². The van der Waals surface area contributed by atoms with Crippen LogP contribution in [0.5, 0.6) is 11.5 Å². The lowest BCUT2D eigenvalue weighted by Crippen LogP contribution is -2.34. The second-order valence-corrected chi connectivity index (χ2v) is 9.49. The fourth-order valence-electron chi connectivity index (χ4n) is 4.14. The molecule has 1 amide bonds. The number of amides is 1. The van der Waals surface area contributed by atoms with Crippen molar-refractivity contribution < 1.29 is 22.9 Å². The highest BCUT2D eigenvalue weighted by atomic mass is 32.2. The van der Waals surface area contributed by atoms with E-state index in [1.807, 2.05) is 18.2 Å². The Hall–Kier alpha value is -3.13. The van der Waals surface area contributed by atoms with Crippen molar-refractivity contribution in [3.05, 3.63) is 65.0 Å². The molecule has 0 radical (unpaired) electrons. The van der Waals surface area contributed by atoms with E-state index in [-0.39, 0.29) is 23.5 Å². The number of hydrogen-bond donors (Lipinski definition) is 1. The molecule has 1 aliphatic rings. The van der Waals surface area contributed by atoms with Crippen LogP contribution in [0.4, 0.5) is 0 Å². The summed E-state index contributed by atoms with van der Waals surface area (Å²) in [7, 11) is 1.73. The Morgan fingerprint density at radius 3 is 2.76 bits per heavy atom. The number of rotatable bonds is 8. The summed E-state index contributed by atoms with van der Waals surface area (Å²) in [5.74, 6) is 2.03. The predicted octanol–water partition coefficient (Wildman–Crippen LogP) is 4.11. The molecule has 1 aromatic heterocycles. The fourth-order valence-corrected chi connectivity index (χ4v) is 5.19. The van der Waals surface area contributed by atoms with E-state index in [0.717, 1.165) is 30.4 Å². The highest BCUT2D eigenvalue weighted by Gasteiger charge is 2.23. The summed E-state index contributed by atoms with van der Waals surface area (Å²) in [5, 5.41) is 3.06. The number of nitrogens with one attached hydrogen (secondary N) is 1. The van der Waals surface area contributed by atoms with Crippen LogP contribution in [0.25, 0.3) is 11.5 Å². The lowest BCUT2D eigenvalue weighted by molar-refractivity contribution is -0.119. The van der Waals surface area contributed by atoms with Crippen molar-refractivity contribution in [2.75, 3.05) is 20.0 Å². The normalized spacial score (nSPS) is 16.0. The van der Waals surface area contributed by atoms with Crippen LogP contribution >= 0.6 is 0 Å². The molecule has 174 valence electrons. The molecule has 0 unspecified atom stereocenters. The van der Waals surface area contributed by atoms with Crippen LogP contribution in [0, 0.1) is 6.92 Å². The largest absolute Gasteiger partial charge is 0.493 e. The van der Waals surface area contributed by atoms with Crippen LogP contribution in [-0.4, -0.2) is 35.1 Å². The van der Waals surface area contributed by atoms with Gasteiger partial charge in [0.15, 0.2) is 11.5 Å². The first-order valence-corrected chi connectivity index (χ1v) is 12.4. The van der Waals surface area contributed by atoms with Crippen molar-refractivity contribution in [1.29, 1.82) is 0 Å². The third-order valence-corrected chi connectivity index (χ3v) is 7.00. The first kappa shape index (κ1) is 23.0. The van der Waals surface area contributed by atoms with E-state index in [4.69, 9.17) is 13.9 Å². The maximum Gasteiger partial charge on any atom is 0.233 e. The van der Waals surface area contributed by atoms with Crippen LogP contribution in [0.15, 0.2) is 46.9 Å². The van der Waals surface area contributed by atoms with Gasteiger partial charge in [0.25, 0.3) is 0 Å². The molecule has 0 saturated carbocycles. The minimum atomic E-state index is -1.41. The van der Waals surface area contributed by atoms with Gasteiger partial charge in [0.1, 0.15) is 11.5 Å². The molecule has 7 nitrogen and oxygen atoms in total. The molecular weight excluding hydrogens is 440 g/mol. The molecule has 0 bridgehead atoms. The van der Waals surface area contributed by atoms with E-state index >= 15 is 0 Å². The summed E-state index contributed by atoms with van der Waals surface area (Å²) in [6.07, 6.45) is 2.96. The average Bonchev–Trinajstić information content (AvgIpc) is 3.18. The number of fused-ring (bicyclic) bond motifs is 1. The molecule has 33 heavy (non-hydrogen) atoms. The number of oxazole rings is 1. The number of benzene rings is 2. The maximum absolute atomic E-state index is 12.7. The summed E-state index contributed by atoms with van der Waals surface area (Å²) in [6, 6.07) is 13.5. The van der Waals surface area contributed by atoms with Gasteiger partial charge >= 0.3 is 0 Å². The van der Waals surface area contributed by atoms with Crippen LogP contribution < -0.4 is 14.8 Å². The molecule has 2 atom stereocenters. The van der Waals surface area contributed by atoms with E-state index in [2.05, 4.69) is 22.4 Å². The number of methoxy groups -OCH3 is 2. The van der Waals surface area contributed by atoms with Crippen LogP contribution in [0.3, 0.4) is 0 Å². The highest BCUT2D eigenvalue weighted by Crippen LogP contribution is 2.33. The number of aryl methyl sites for hydroxylation is 2. The first-order valence-electron chi connectivity index (χ1n) is 10.9. The summed E-state index contributed by atoms with van der Waals surface area (Å²) >= 11 is 0. The maximum atomic E-state index is 12.7. The Kier molecular flexibility index (Phi) is 7.13. The number of hydrogen-bond acceptors (Lipinski definition) is 6. The number of carbonyl (C=O) groups excluding carboxylic acids is 1. The molecule has 4 rings (SSSR count). The summed E-state index contributed by atoms with van der Waals surface area (Å²) in [5.41, 5.74) is 3.74. The van der Waals surface area contributed by atoms with Crippen molar-refractivity contribution >= 4 is 16.7 Å². The standard InChI is InChI=1S/C25H28N2O5S/c1-16-21(27-25(32-16)18-11-12-22(30-2)23(13-18)31-3)14-33(29)15-24(28)26-20-10-6-8-17-7-4-5-9-19(17)20/h4-5,7,9,11-13,20H,6,8,10,14-15H2,1-3H3,(H,26,28)/t20-,33-/m0/s1. The van der Waals surface area contributed by atoms with Gasteiger partial charge in [0.05, 0.1) is 31.7 Å². The van der Waals surface area contributed by atoms with Gasteiger partial charge in [-0.25, -0.2) is 4.98 Å². The minimum absolute atomic E-state index is 0.0232. The smallest absolute Gasteiger partial charge is 0.233 e.